The van der Waals surface area contributed by atoms with Gasteiger partial charge in [0.25, 0.3) is 0 Å². The Morgan fingerprint density at radius 1 is 1.12 bits per heavy atom. The molecule has 0 radical (unpaired) electrons. The Kier molecular flexibility index (Phi) is 5.39. The highest BCUT2D eigenvalue weighted by atomic mass is 79.9. The van der Waals surface area contributed by atoms with Crippen LogP contribution in [-0.2, 0) is 0 Å². The van der Waals surface area contributed by atoms with Crippen LogP contribution in [0.2, 0.25) is 0 Å². The number of carbonyl (C=O) groups is 1. The van der Waals surface area contributed by atoms with Crippen LogP contribution in [0.1, 0.15) is 38.7 Å². The first-order chi connectivity index (χ1) is 16.4. The minimum Gasteiger partial charge on any atom is -0.449 e. The number of aryl methyl sites for hydroxylation is 2. The van der Waals surface area contributed by atoms with Gasteiger partial charge in [-0.05, 0) is 49.2 Å². The van der Waals surface area contributed by atoms with E-state index in [9.17, 15) is 10.1 Å². The van der Waals surface area contributed by atoms with E-state index < -0.39 is 11.9 Å². The molecule has 0 aliphatic carbocycles. The standard InChI is InChI=1S/C27H19BrN2O4/c1-14-6-8-19-15(2)25(33-22(19)10-14)27(31)32-18-7-9-20-23(12-18)34-26(30)21(13-29)24(20)16-4-3-5-17(28)11-16/h3-12,24H,30H2,1-2H3. The van der Waals surface area contributed by atoms with Crippen molar-refractivity contribution in [1.29, 1.82) is 5.26 Å². The van der Waals surface area contributed by atoms with Gasteiger partial charge in [0, 0.05) is 27.1 Å². The molecule has 6 nitrogen and oxygen atoms in total. The number of esters is 1. The molecule has 3 aromatic carbocycles. The molecule has 0 spiro atoms. The van der Waals surface area contributed by atoms with Gasteiger partial charge in [0.05, 0.1) is 5.92 Å². The van der Waals surface area contributed by atoms with Crippen LogP contribution in [0.5, 0.6) is 11.5 Å². The van der Waals surface area contributed by atoms with Crippen molar-refractivity contribution in [1.82, 2.24) is 0 Å². The summed E-state index contributed by atoms with van der Waals surface area (Å²) in [5, 5.41) is 10.6. The second-order valence-corrected chi connectivity index (χ2v) is 9.04. The predicted molar refractivity (Wildman–Crippen MR) is 131 cm³/mol. The number of carbonyl (C=O) groups excluding carboxylic acids is 1. The lowest BCUT2D eigenvalue weighted by molar-refractivity contribution is 0.0702. The van der Waals surface area contributed by atoms with Crippen LogP contribution in [-0.4, -0.2) is 5.97 Å². The number of hydrogen-bond donors (Lipinski definition) is 1. The van der Waals surface area contributed by atoms with Crippen molar-refractivity contribution >= 4 is 32.9 Å². The maximum atomic E-state index is 12.9. The van der Waals surface area contributed by atoms with E-state index >= 15 is 0 Å². The summed E-state index contributed by atoms with van der Waals surface area (Å²) in [6.07, 6.45) is 0. The summed E-state index contributed by atoms with van der Waals surface area (Å²) in [5.74, 6) is -0.141. The van der Waals surface area contributed by atoms with E-state index in [1.807, 2.05) is 56.3 Å². The van der Waals surface area contributed by atoms with Gasteiger partial charge in [0.2, 0.25) is 11.6 Å². The van der Waals surface area contributed by atoms with Crippen LogP contribution in [0.4, 0.5) is 0 Å². The van der Waals surface area contributed by atoms with E-state index in [2.05, 4.69) is 22.0 Å². The van der Waals surface area contributed by atoms with Crippen molar-refractivity contribution in [2.75, 3.05) is 0 Å². The van der Waals surface area contributed by atoms with Gasteiger partial charge >= 0.3 is 5.97 Å². The average molecular weight is 515 g/mol. The normalized spacial score (nSPS) is 14.9. The average Bonchev–Trinajstić information content (AvgIpc) is 3.13. The van der Waals surface area contributed by atoms with Crippen molar-refractivity contribution in [2.45, 2.75) is 19.8 Å². The van der Waals surface area contributed by atoms with Crippen LogP contribution in [0.3, 0.4) is 0 Å². The van der Waals surface area contributed by atoms with Gasteiger partial charge in [0.1, 0.15) is 28.7 Å². The molecule has 168 valence electrons. The minimum atomic E-state index is -0.605. The van der Waals surface area contributed by atoms with E-state index in [0.717, 1.165) is 32.1 Å². The molecule has 1 atom stereocenters. The number of fused-ring (bicyclic) bond motifs is 2. The van der Waals surface area contributed by atoms with Gasteiger partial charge in [0.15, 0.2) is 0 Å². The molecule has 2 heterocycles. The van der Waals surface area contributed by atoms with Gasteiger partial charge in [-0.25, -0.2) is 4.79 Å². The summed E-state index contributed by atoms with van der Waals surface area (Å²) in [6.45, 7) is 3.78. The Labute approximate surface area is 204 Å². The van der Waals surface area contributed by atoms with Gasteiger partial charge in [-0.15, -0.1) is 0 Å². The molecule has 0 fully saturated rings. The quantitative estimate of drug-likeness (QED) is 0.256. The zero-order valence-electron chi connectivity index (χ0n) is 18.4. The number of rotatable bonds is 3. The van der Waals surface area contributed by atoms with E-state index in [1.165, 1.54) is 0 Å². The molecule has 5 rings (SSSR count). The number of nitrogens with zero attached hydrogens (tertiary/aromatic N) is 1. The number of halogens is 1. The highest BCUT2D eigenvalue weighted by molar-refractivity contribution is 9.10. The summed E-state index contributed by atoms with van der Waals surface area (Å²) < 4.78 is 18.0. The fourth-order valence-corrected chi connectivity index (χ4v) is 4.63. The second kappa shape index (κ2) is 8.40. The van der Waals surface area contributed by atoms with Crippen LogP contribution in [0, 0.1) is 25.2 Å². The minimum absolute atomic E-state index is 0.0203. The number of nitriles is 1. The summed E-state index contributed by atoms with van der Waals surface area (Å²) >= 11 is 3.48. The number of allylic oxidation sites excluding steroid dienone is 1. The Bertz CT molecular complexity index is 1540. The van der Waals surface area contributed by atoms with Crippen molar-refractivity contribution in [3.8, 4) is 17.6 Å². The van der Waals surface area contributed by atoms with Crippen molar-refractivity contribution in [3.05, 3.63) is 105 Å². The zero-order chi connectivity index (χ0) is 24.0. The van der Waals surface area contributed by atoms with Crippen molar-refractivity contribution < 1.29 is 18.7 Å². The maximum absolute atomic E-state index is 12.9. The zero-order valence-corrected chi connectivity index (χ0v) is 20.0. The Balaban J connectivity index is 1.49. The van der Waals surface area contributed by atoms with E-state index in [1.54, 1.807) is 18.2 Å². The molecule has 0 saturated carbocycles. The lowest BCUT2D eigenvalue weighted by atomic mass is 9.83. The second-order valence-electron chi connectivity index (χ2n) is 8.12. The fraction of sp³-hybridized carbons (Fsp3) is 0.111. The molecule has 1 aliphatic heterocycles. The van der Waals surface area contributed by atoms with Gasteiger partial charge in [-0.1, -0.05) is 46.3 Å². The van der Waals surface area contributed by atoms with Crippen LogP contribution in [0.15, 0.2) is 81.0 Å². The molecule has 1 unspecified atom stereocenters. The first-order valence-corrected chi connectivity index (χ1v) is 11.3. The SMILES string of the molecule is Cc1ccc2c(C)c(C(=O)Oc3ccc4c(c3)OC(N)=C(C#N)C4c3cccc(Br)c3)oc2c1. The molecule has 0 saturated heterocycles. The maximum Gasteiger partial charge on any atom is 0.379 e. The van der Waals surface area contributed by atoms with E-state index in [-0.39, 0.29) is 17.4 Å². The Morgan fingerprint density at radius 3 is 2.71 bits per heavy atom. The molecule has 0 amide bonds. The number of ether oxygens (including phenoxy) is 2. The van der Waals surface area contributed by atoms with Gasteiger partial charge in [-0.3, -0.25) is 0 Å². The first kappa shape index (κ1) is 21.8. The topological polar surface area (TPSA) is 98.5 Å². The van der Waals surface area contributed by atoms with Crippen LogP contribution in [0.25, 0.3) is 11.0 Å². The summed E-state index contributed by atoms with van der Waals surface area (Å²) in [5.41, 5.74) is 10.4. The largest absolute Gasteiger partial charge is 0.449 e. The van der Waals surface area contributed by atoms with Gasteiger partial charge in [-0.2, -0.15) is 5.26 Å². The molecular formula is C27H19BrN2O4. The monoisotopic (exact) mass is 514 g/mol. The lowest BCUT2D eigenvalue weighted by Crippen LogP contribution is -2.21. The predicted octanol–water partition coefficient (Wildman–Crippen LogP) is 6.25. The van der Waals surface area contributed by atoms with E-state index in [4.69, 9.17) is 19.6 Å². The molecule has 7 heteroatoms. The number of hydrogen-bond acceptors (Lipinski definition) is 6. The molecule has 2 N–H and O–H groups in total. The number of furan rings is 1. The van der Waals surface area contributed by atoms with E-state index in [0.29, 0.717) is 16.9 Å². The third-order valence-electron chi connectivity index (χ3n) is 5.86. The number of benzene rings is 3. The summed E-state index contributed by atoms with van der Waals surface area (Å²) in [4.78, 5) is 12.9. The Hall–Kier alpha value is -4.02. The third kappa shape index (κ3) is 3.72. The molecule has 4 aromatic rings. The molecule has 0 bridgehead atoms. The fourth-order valence-electron chi connectivity index (χ4n) is 4.21. The van der Waals surface area contributed by atoms with Crippen LogP contribution >= 0.6 is 15.9 Å². The lowest BCUT2D eigenvalue weighted by Gasteiger charge is -2.26. The van der Waals surface area contributed by atoms with Gasteiger partial charge < -0.3 is 19.6 Å². The highest BCUT2D eigenvalue weighted by Gasteiger charge is 2.31. The van der Waals surface area contributed by atoms with Crippen molar-refractivity contribution in [3.63, 3.8) is 0 Å². The molecule has 1 aliphatic rings. The molecule has 34 heavy (non-hydrogen) atoms. The summed E-state index contributed by atoms with van der Waals surface area (Å²) in [7, 11) is 0. The number of nitrogens with two attached hydrogens (primary N) is 1. The molecule has 1 aromatic heterocycles. The van der Waals surface area contributed by atoms with Crippen molar-refractivity contribution in [2.24, 2.45) is 5.73 Å². The molecular weight excluding hydrogens is 496 g/mol. The highest BCUT2D eigenvalue weighted by Crippen LogP contribution is 2.44. The smallest absolute Gasteiger partial charge is 0.379 e. The first-order valence-electron chi connectivity index (χ1n) is 10.5. The summed E-state index contributed by atoms with van der Waals surface area (Å²) in [6, 6.07) is 20.7. The Morgan fingerprint density at radius 2 is 1.94 bits per heavy atom. The van der Waals surface area contributed by atoms with Crippen LogP contribution < -0.4 is 15.2 Å². The third-order valence-corrected chi connectivity index (χ3v) is 6.36.